The lowest BCUT2D eigenvalue weighted by atomic mass is 9.71. The fourth-order valence-electron chi connectivity index (χ4n) is 4.78. The average molecular weight is 512 g/mol. The molecule has 0 spiro atoms. The van der Waals surface area contributed by atoms with Crippen LogP contribution in [0.15, 0.2) is 69.5 Å². The van der Waals surface area contributed by atoms with Crippen molar-refractivity contribution in [3.8, 4) is 11.5 Å². The lowest BCUT2D eigenvalue weighted by Crippen LogP contribution is -2.36. The van der Waals surface area contributed by atoms with Gasteiger partial charge in [-0.25, -0.2) is 4.79 Å². The molecule has 0 bridgehead atoms. The van der Waals surface area contributed by atoms with Crippen molar-refractivity contribution in [2.75, 3.05) is 21.3 Å². The number of methoxy groups -OCH3 is 3. The van der Waals surface area contributed by atoms with E-state index in [1.165, 1.54) is 7.11 Å². The van der Waals surface area contributed by atoms with Gasteiger partial charge >= 0.3 is 5.97 Å². The number of benzene rings is 2. The molecule has 4 rings (SSSR count). The minimum atomic E-state index is -0.497. The number of esters is 1. The zero-order chi connectivity index (χ0) is 23.7. The molecule has 1 N–H and O–H groups in total. The summed E-state index contributed by atoms with van der Waals surface area (Å²) < 4.78 is 16.7. The molecule has 7 heteroatoms. The number of ketones is 1. The average Bonchev–Trinajstić information content (AvgIpc) is 2.82. The van der Waals surface area contributed by atoms with Crippen LogP contribution in [-0.2, 0) is 14.3 Å². The van der Waals surface area contributed by atoms with Crippen molar-refractivity contribution in [3.63, 3.8) is 0 Å². The van der Waals surface area contributed by atoms with Crippen molar-refractivity contribution in [1.29, 1.82) is 0 Å². The summed E-state index contributed by atoms with van der Waals surface area (Å²) in [5, 5.41) is 3.35. The smallest absolute Gasteiger partial charge is 0.336 e. The van der Waals surface area contributed by atoms with Crippen molar-refractivity contribution in [3.05, 3.63) is 80.6 Å². The van der Waals surface area contributed by atoms with Crippen molar-refractivity contribution < 1.29 is 23.8 Å². The van der Waals surface area contributed by atoms with Crippen LogP contribution in [0.3, 0.4) is 0 Å². The van der Waals surface area contributed by atoms with Crippen LogP contribution >= 0.6 is 15.9 Å². The Morgan fingerprint density at radius 2 is 1.76 bits per heavy atom. The summed E-state index contributed by atoms with van der Waals surface area (Å²) >= 11 is 3.61. The SMILES string of the molecule is COC(=O)C1=C(C)NC2=C(C(=O)C[C@@H](c3ccc(OC)c(OC)c3)C2)[C@@H]1c1ccccc1Br. The Hall–Kier alpha value is -3.06. The molecule has 6 nitrogen and oxygen atoms in total. The number of allylic oxidation sites excluding steroid dienone is 3. The normalized spacial score (nSPS) is 20.2. The molecular formula is C26H26BrNO5. The molecule has 0 radical (unpaired) electrons. The molecule has 0 saturated carbocycles. The third-order valence-corrected chi connectivity index (χ3v) is 7.05. The number of hydrogen-bond acceptors (Lipinski definition) is 6. The minimum Gasteiger partial charge on any atom is -0.493 e. The first kappa shape index (κ1) is 23.1. The molecule has 1 aliphatic carbocycles. The van der Waals surface area contributed by atoms with Crippen LogP contribution in [0.1, 0.15) is 42.7 Å². The van der Waals surface area contributed by atoms with Gasteiger partial charge in [0.2, 0.25) is 0 Å². The topological polar surface area (TPSA) is 73.9 Å². The van der Waals surface area contributed by atoms with E-state index in [1.54, 1.807) is 14.2 Å². The summed E-state index contributed by atoms with van der Waals surface area (Å²) in [7, 11) is 4.56. The first-order chi connectivity index (χ1) is 15.9. The molecule has 1 aliphatic heterocycles. The predicted molar refractivity (Wildman–Crippen MR) is 128 cm³/mol. The molecule has 0 amide bonds. The van der Waals surface area contributed by atoms with E-state index < -0.39 is 11.9 Å². The quantitative estimate of drug-likeness (QED) is 0.569. The number of ether oxygens (including phenoxy) is 3. The molecule has 0 aromatic heterocycles. The molecular weight excluding hydrogens is 486 g/mol. The van der Waals surface area contributed by atoms with Crippen LogP contribution in [0.25, 0.3) is 0 Å². The van der Waals surface area contributed by atoms with Gasteiger partial charge in [-0.3, -0.25) is 4.79 Å². The van der Waals surface area contributed by atoms with Crippen LogP contribution in [-0.4, -0.2) is 33.1 Å². The van der Waals surface area contributed by atoms with Crippen molar-refractivity contribution >= 4 is 27.7 Å². The molecule has 2 aromatic carbocycles. The third-order valence-electron chi connectivity index (χ3n) is 6.33. The highest BCUT2D eigenvalue weighted by atomic mass is 79.9. The lowest BCUT2D eigenvalue weighted by Gasteiger charge is -2.37. The maximum atomic E-state index is 13.6. The number of dihydropyridines is 1. The first-order valence-electron chi connectivity index (χ1n) is 10.7. The minimum absolute atomic E-state index is 0.0122. The van der Waals surface area contributed by atoms with Gasteiger partial charge in [-0.05, 0) is 48.6 Å². The molecule has 2 atom stereocenters. The standard InChI is InChI=1S/C26H26BrNO5/c1-14-23(26(30)33-4)24(17-7-5-6-8-18(17)27)25-19(28-14)11-16(12-20(25)29)15-9-10-21(31-2)22(13-15)32-3/h5-10,13,16,24,28H,11-12H2,1-4H3/t16-,24+/m0/s1. The molecule has 2 aliphatic rings. The van der Waals surface area contributed by atoms with Gasteiger partial charge in [0.15, 0.2) is 17.3 Å². The van der Waals surface area contributed by atoms with E-state index in [2.05, 4.69) is 21.2 Å². The number of hydrogen-bond donors (Lipinski definition) is 1. The number of carbonyl (C=O) groups is 2. The van der Waals surface area contributed by atoms with Gasteiger partial charge in [0, 0.05) is 33.8 Å². The zero-order valence-corrected chi connectivity index (χ0v) is 20.6. The van der Waals surface area contributed by atoms with Gasteiger partial charge in [-0.1, -0.05) is 40.2 Å². The van der Waals surface area contributed by atoms with Gasteiger partial charge in [0.25, 0.3) is 0 Å². The highest BCUT2D eigenvalue weighted by Crippen LogP contribution is 2.47. The highest BCUT2D eigenvalue weighted by molar-refractivity contribution is 9.10. The van der Waals surface area contributed by atoms with E-state index in [0.717, 1.165) is 21.3 Å². The molecule has 172 valence electrons. The van der Waals surface area contributed by atoms with Crippen LogP contribution in [0, 0.1) is 0 Å². The maximum absolute atomic E-state index is 13.6. The Labute approximate surface area is 201 Å². The second kappa shape index (κ2) is 9.43. The molecule has 0 fully saturated rings. The fourth-order valence-corrected chi connectivity index (χ4v) is 5.30. The Morgan fingerprint density at radius 3 is 2.42 bits per heavy atom. The van der Waals surface area contributed by atoms with Gasteiger partial charge in [-0.2, -0.15) is 0 Å². The Bertz CT molecular complexity index is 1180. The van der Waals surface area contributed by atoms with Crippen LogP contribution in [0.5, 0.6) is 11.5 Å². The zero-order valence-electron chi connectivity index (χ0n) is 19.0. The molecule has 1 heterocycles. The Balaban J connectivity index is 1.79. The Kier molecular flexibility index (Phi) is 6.61. The highest BCUT2D eigenvalue weighted by Gasteiger charge is 2.41. The monoisotopic (exact) mass is 511 g/mol. The van der Waals surface area contributed by atoms with Crippen molar-refractivity contribution in [2.24, 2.45) is 0 Å². The summed E-state index contributed by atoms with van der Waals surface area (Å²) in [4.78, 5) is 26.4. The number of Topliss-reactive ketones (excluding diaryl/α,β-unsaturated/α-hetero) is 1. The molecule has 0 saturated heterocycles. The molecule has 0 unspecified atom stereocenters. The fraction of sp³-hybridized carbons (Fsp3) is 0.308. The van der Waals surface area contributed by atoms with Gasteiger partial charge in [0.1, 0.15) is 0 Å². The number of carbonyl (C=O) groups excluding carboxylic acids is 2. The number of rotatable bonds is 5. The summed E-state index contributed by atoms with van der Waals surface area (Å²) in [6.45, 7) is 1.85. The van der Waals surface area contributed by atoms with Crippen LogP contribution in [0.4, 0.5) is 0 Å². The third kappa shape index (κ3) is 4.17. The van der Waals surface area contributed by atoms with Gasteiger partial charge in [0.05, 0.1) is 26.9 Å². The van der Waals surface area contributed by atoms with E-state index in [-0.39, 0.29) is 11.7 Å². The predicted octanol–water partition coefficient (Wildman–Crippen LogP) is 5.00. The second-order valence-corrected chi connectivity index (χ2v) is 9.00. The van der Waals surface area contributed by atoms with E-state index >= 15 is 0 Å². The summed E-state index contributed by atoms with van der Waals surface area (Å²) in [5.41, 5.74) is 4.50. The molecule has 2 aromatic rings. The van der Waals surface area contributed by atoms with E-state index in [4.69, 9.17) is 14.2 Å². The van der Waals surface area contributed by atoms with E-state index in [0.29, 0.717) is 41.2 Å². The van der Waals surface area contributed by atoms with Gasteiger partial charge < -0.3 is 19.5 Å². The van der Waals surface area contributed by atoms with Crippen molar-refractivity contribution in [1.82, 2.24) is 5.32 Å². The van der Waals surface area contributed by atoms with Crippen molar-refractivity contribution in [2.45, 2.75) is 31.6 Å². The van der Waals surface area contributed by atoms with Crippen LogP contribution < -0.4 is 14.8 Å². The van der Waals surface area contributed by atoms with E-state index in [9.17, 15) is 9.59 Å². The summed E-state index contributed by atoms with van der Waals surface area (Å²) in [5.74, 6) is 0.336. The molecule has 33 heavy (non-hydrogen) atoms. The van der Waals surface area contributed by atoms with Crippen LogP contribution in [0.2, 0.25) is 0 Å². The second-order valence-electron chi connectivity index (χ2n) is 8.14. The lowest BCUT2D eigenvalue weighted by molar-refractivity contribution is -0.136. The summed E-state index contributed by atoms with van der Waals surface area (Å²) in [6.07, 6.45) is 0.980. The number of halogens is 1. The number of nitrogens with one attached hydrogen (secondary N) is 1. The maximum Gasteiger partial charge on any atom is 0.336 e. The largest absolute Gasteiger partial charge is 0.493 e. The summed E-state index contributed by atoms with van der Waals surface area (Å²) in [6, 6.07) is 13.4. The Morgan fingerprint density at radius 1 is 1.03 bits per heavy atom. The first-order valence-corrected chi connectivity index (χ1v) is 11.5. The van der Waals surface area contributed by atoms with Gasteiger partial charge in [-0.15, -0.1) is 0 Å². The van der Waals surface area contributed by atoms with E-state index in [1.807, 2.05) is 49.4 Å².